The predicted octanol–water partition coefficient (Wildman–Crippen LogP) is 9.04. The van der Waals surface area contributed by atoms with Gasteiger partial charge < -0.3 is 33.9 Å². The molecule has 2 aromatic heterocycles. The molecule has 69 heavy (non-hydrogen) atoms. The predicted molar refractivity (Wildman–Crippen MR) is 274 cm³/mol. The van der Waals surface area contributed by atoms with E-state index in [2.05, 4.69) is 78.5 Å². The summed E-state index contributed by atoms with van der Waals surface area (Å²) in [5.41, 5.74) is 4.39. The zero-order chi connectivity index (χ0) is 48.3. The number of hydrogen-bond acceptors (Lipinski definition) is 13. The quantitative estimate of drug-likeness (QED) is 0.0297. The van der Waals surface area contributed by atoms with Crippen LogP contribution in [0.5, 0.6) is 11.5 Å². The van der Waals surface area contributed by atoms with Crippen molar-refractivity contribution in [3.63, 3.8) is 0 Å². The van der Waals surface area contributed by atoms with Gasteiger partial charge in [-0.1, -0.05) is 54.1 Å². The number of ether oxygens (including phenoxy) is 3. The van der Waals surface area contributed by atoms with Gasteiger partial charge in [0.25, 0.3) is 21.6 Å². The average Bonchev–Trinajstić information content (AvgIpc) is 3.58. The minimum Gasteiger partial charge on any atom is -0.455 e. The van der Waals surface area contributed by atoms with E-state index in [0.29, 0.717) is 49.3 Å². The van der Waals surface area contributed by atoms with Crippen LogP contribution < -0.4 is 19.7 Å². The molecule has 3 aliphatic heterocycles. The van der Waals surface area contributed by atoms with E-state index in [9.17, 15) is 23.3 Å². The van der Waals surface area contributed by atoms with Crippen molar-refractivity contribution in [2.45, 2.75) is 81.9 Å². The largest absolute Gasteiger partial charge is 0.455 e. The molecular formula is C50H63BrN8O8SSi. The molecule has 16 nitrogen and oxygen atoms in total. The van der Waals surface area contributed by atoms with Gasteiger partial charge in [0.2, 0.25) is 0 Å². The maximum atomic E-state index is 14.2. The number of carbonyl (C=O) groups is 1. The lowest BCUT2D eigenvalue weighted by Gasteiger charge is -2.47. The van der Waals surface area contributed by atoms with E-state index >= 15 is 0 Å². The summed E-state index contributed by atoms with van der Waals surface area (Å²) in [4.78, 5) is 37.2. The number of carbonyl (C=O) groups excluding carboxylic acids is 1. The highest BCUT2D eigenvalue weighted by molar-refractivity contribution is 9.10. The highest BCUT2D eigenvalue weighted by atomic mass is 79.9. The van der Waals surface area contributed by atoms with Gasteiger partial charge >= 0.3 is 0 Å². The van der Waals surface area contributed by atoms with Crippen LogP contribution >= 0.6 is 15.9 Å². The third kappa shape index (κ3) is 11.5. The molecule has 368 valence electrons. The molecule has 3 saturated heterocycles. The van der Waals surface area contributed by atoms with E-state index in [1.807, 2.05) is 22.9 Å². The second kappa shape index (κ2) is 20.8. The Balaban J connectivity index is 0.921. The van der Waals surface area contributed by atoms with Gasteiger partial charge in [0.1, 0.15) is 29.6 Å². The second-order valence-corrected chi connectivity index (χ2v) is 28.4. The third-order valence-corrected chi connectivity index (χ3v) is 18.0. The number of fused-ring (bicyclic) bond motifs is 2. The molecule has 2 N–H and O–H groups in total. The smallest absolute Gasteiger partial charge is 0.293 e. The van der Waals surface area contributed by atoms with E-state index in [1.165, 1.54) is 34.2 Å². The van der Waals surface area contributed by atoms with Crippen molar-refractivity contribution in [2.75, 3.05) is 82.4 Å². The number of halogens is 1. The summed E-state index contributed by atoms with van der Waals surface area (Å²) >= 11 is 3.81. The fourth-order valence-electron chi connectivity index (χ4n) is 9.98. The minimum atomic E-state index is -4.58. The maximum Gasteiger partial charge on any atom is 0.293 e. The SMILES string of the molecule is C[Si](C)(C)CCOCn1ccc2cc(Oc3cc(N4CCN([C@@H]5CCCCc6c(Br)cccc65)CC4)ccc3C(=O)NS(=O)(=O)c3ccc(NCCN4CCC5(CC4)COC5)c([N+](=O)[O-])c3)cnc21. The molecule has 1 aliphatic carbocycles. The van der Waals surface area contributed by atoms with Crippen molar-refractivity contribution in [1.29, 1.82) is 0 Å². The first-order valence-corrected chi connectivity index (χ1v) is 30.1. The lowest BCUT2D eigenvalue weighted by molar-refractivity contribution is -0.384. The first-order chi connectivity index (χ1) is 33.1. The van der Waals surface area contributed by atoms with Gasteiger partial charge in [-0.2, -0.15) is 0 Å². The Bertz CT molecular complexity index is 2780. The standard InChI is InChI=1S/C50H63BrN8O8SSi/c1-69(2,3)28-27-65-35-58-19-15-36-29-38(32-53-48(36)58)67-47-30-37(56-23-25-57(26-24-56)45-10-5-4-7-40-41(45)8-6-9-43(40)51)11-13-42(47)49(60)54-68(63,64)39-12-14-44(46(31-39)59(61)62)52-18-22-55-20-16-50(17-21-55)33-66-34-50/h6,8-9,11-15,19,29-32,45,52H,4-5,7,10,16-18,20-28,33-35H2,1-3H3,(H,54,60)/t45-/m1/s1. The fourth-order valence-corrected chi connectivity index (χ4v) is 12.3. The number of nitrogens with zero attached hydrogens (tertiary/aromatic N) is 6. The van der Waals surface area contributed by atoms with Gasteiger partial charge in [-0.25, -0.2) is 18.1 Å². The molecule has 3 fully saturated rings. The number of sulfonamides is 1. The molecule has 19 heteroatoms. The lowest BCUT2D eigenvalue weighted by Crippen LogP contribution is -2.51. The van der Waals surface area contributed by atoms with Crippen LogP contribution in [0.2, 0.25) is 25.7 Å². The third-order valence-electron chi connectivity index (χ3n) is 14.2. The Morgan fingerprint density at radius 1 is 1.00 bits per heavy atom. The highest BCUT2D eigenvalue weighted by Gasteiger charge is 2.41. The number of likely N-dealkylation sites (tertiary alicyclic amines) is 1. The van der Waals surface area contributed by atoms with Crippen molar-refractivity contribution < 1.29 is 32.3 Å². The first kappa shape index (κ1) is 49.1. The summed E-state index contributed by atoms with van der Waals surface area (Å²) in [6.45, 7) is 15.7. The summed E-state index contributed by atoms with van der Waals surface area (Å²) < 4.78 is 51.0. The minimum absolute atomic E-state index is 0.0312. The number of anilines is 2. The molecule has 0 bridgehead atoms. The van der Waals surface area contributed by atoms with Crippen molar-refractivity contribution in [3.05, 3.63) is 110 Å². The Morgan fingerprint density at radius 3 is 2.54 bits per heavy atom. The molecule has 5 heterocycles. The van der Waals surface area contributed by atoms with Gasteiger partial charge in [-0.15, -0.1) is 0 Å². The van der Waals surface area contributed by atoms with E-state index in [4.69, 9.17) is 19.2 Å². The van der Waals surface area contributed by atoms with E-state index < -0.39 is 39.5 Å². The van der Waals surface area contributed by atoms with Crippen LogP contribution in [0.3, 0.4) is 0 Å². The number of rotatable bonds is 17. The molecule has 1 spiro atoms. The summed E-state index contributed by atoms with van der Waals surface area (Å²) in [7, 11) is -5.83. The molecule has 1 atom stereocenters. The molecule has 5 aromatic rings. The number of pyridine rings is 1. The molecule has 4 aliphatic rings. The zero-order valence-corrected chi connectivity index (χ0v) is 43.2. The zero-order valence-electron chi connectivity index (χ0n) is 39.8. The van der Waals surface area contributed by atoms with Crippen LogP contribution in [0, 0.1) is 15.5 Å². The van der Waals surface area contributed by atoms with Gasteiger partial charge in [0.15, 0.2) is 0 Å². The summed E-state index contributed by atoms with van der Waals surface area (Å²) in [5, 5.41) is 16.2. The number of piperazine rings is 1. The Kier molecular flexibility index (Phi) is 14.8. The average molecular weight is 1040 g/mol. The van der Waals surface area contributed by atoms with Crippen LogP contribution in [0.15, 0.2) is 88.5 Å². The van der Waals surface area contributed by atoms with Gasteiger partial charge in [-0.3, -0.25) is 19.8 Å². The molecule has 9 rings (SSSR count). The number of nitrogens with one attached hydrogen (secondary N) is 2. The fraction of sp³-hybridized carbons (Fsp3) is 0.480. The van der Waals surface area contributed by atoms with Crippen molar-refractivity contribution in [1.82, 2.24) is 24.1 Å². The summed E-state index contributed by atoms with van der Waals surface area (Å²) in [5.74, 6) is -0.458. The molecule has 0 radical (unpaired) electrons. The van der Waals surface area contributed by atoms with Crippen LogP contribution in [-0.2, 0) is 32.6 Å². The normalized spacial score (nSPS) is 18.9. The Hall–Kier alpha value is -4.89. The monoisotopic (exact) mass is 1040 g/mol. The van der Waals surface area contributed by atoms with Crippen LogP contribution in [0.4, 0.5) is 17.1 Å². The maximum absolute atomic E-state index is 14.2. The number of piperidine rings is 1. The Morgan fingerprint density at radius 2 is 1.80 bits per heavy atom. The summed E-state index contributed by atoms with van der Waals surface area (Å²) in [6.07, 6.45) is 10.1. The van der Waals surface area contributed by atoms with E-state index in [0.717, 1.165) is 108 Å². The number of nitro benzene ring substituents is 1. The highest BCUT2D eigenvalue weighted by Crippen LogP contribution is 2.40. The number of hydrogen-bond donors (Lipinski definition) is 2. The number of nitro groups is 1. The second-order valence-electron chi connectivity index (χ2n) is 20.2. The number of benzene rings is 3. The number of aromatic nitrogens is 2. The van der Waals surface area contributed by atoms with Gasteiger partial charge in [-0.05, 0) is 105 Å². The van der Waals surface area contributed by atoms with E-state index in [-0.39, 0.29) is 17.0 Å². The van der Waals surface area contributed by atoms with Gasteiger partial charge in [0.05, 0.1) is 34.8 Å². The lowest BCUT2D eigenvalue weighted by atomic mass is 9.77. The molecular weight excluding hydrogens is 981 g/mol. The molecule has 3 aromatic carbocycles. The van der Waals surface area contributed by atoms with Crippen LogP contribution in [0.25, 0.3) is 11.0 Å². The summed E-state index contributed by atoms with van der Waals surface area (Å²) in [6, 6.07) is 20.4. The topological polar surface area (TPSA) is 174 Å². The Labute approximate surface area is 414 Å². The molecule has 0 unspecified atom stereocenters. The van der Waals surface area contributed by atoms with Crippen LogP contribution in [-0.4, -0.2) is 119 Å². The van der Waals surface area contributed by atoms with Crippen LogP contribution in [0.1, 0.15) is 59.6 Å². The van der Waals surface area contributed by atoms with Crippen molar-refractivity contribution in [2.24, 2.45) is 5.41 Å². The first-order valence-electron chi connectivity index (χ1n) is 24.1. The van der Waals surface area contributed by atoms with Crippen molar-refractivity contribution in [3.8, 4) is 11.5 Å². The number of amides is 1. The van der Waals surface area contributed by atoms with Gasteiger partial charge in [0, 0.05) is 99.3 Å². The van der Waals surface area contributed by atoms with Crippen molar-refractivity contribution >= 4 is 68.0 Å². The molecule has 1 amide bonds. The molecule has 0 saturated carbocycles. The van der Waals surface area contributed by atoms with E-state index in [1.54, 1.807) is 24.4 Å².